The van der Waals surface area contributed by atoms with Crippen molar-refractivity contribution in [3.63, 3.8) is 0 Å². The average molecular weight is 354 g/mol. The lowest BCUT2D eigenvalue weighted by Crippen LogP contribution is -2.14. The fourth-order valence-electron chi connectivity index (χ4n) is 2.06. The van der Waals surface area contributed by atoms with Gasteiger partial charge in [0.2, 0.25) is 5.91 Å². The van der Waals surface area contributed by atoms with Crippen LogP contribution in [0.3, 0.4) is 0 Å². The summed E-state index contributed by atoms with van der Waals surface area (Å²) in [7, 11) is 1.55. The molecule has 0 heterocycles. The molecule has 1 amide bonds. The van der Waals surface area contributed by atoms with Crippen LogP contribution in [0.2, 0.25) is 10.0 Å². The minimum Gasteiger partial charge on any atom is -0.493 e. The topological polar surface area (TPSA) is 47.6 Å². The van der Waals surface area contributed by atoms with Crippen LogP contribution in [0.5, 0.6) is 11.5 Å². The van der Waals surface area contributed by atoms with Gasteiger partial charge in [0, 0.05) is 11.8 Å². The Morgan fingerprint density at radius 1 is 1.09 bits per heavy atom. The first kappa shape index (κ1) is 17.4. The van der Waals surface area contributed by atoms with Gasteiger partial charge in [-0.1, -0.05) is 29.3 Å². The first-order valence-corrected chi connectivity index (χ1v) is 7.83. The summed E-state index contributed by atoms with van der Waals surface area (Å²) < 4.78 is 10.7. The van der Waals surface area contributed by atoms with E-state index in [-0.39, 0.29) is 12.3 Å². The Morgan fingerprint density at radius 3 is 2.52 bits per heavy atom. The molecule has 0 aliphatic heterocycles. The molecule has 0 bridgehead atoms. The van der Waals surface area contributed by atoms with Gasteiger partial charge in [-0.2, -0.15) is 0 Å². The van der Waals surface area contributed by atoms with Gasteiger partial charge in [0.1, 0.15) is 0 Å². The summed E-state index contributed by atoms with van der Waals surface area (Å²) >= 11 is 11.8. The predicted octanol–water partition coefficient (Wildman–Crippen LogP) is 4.58. The number of ether oxygens (including phenoxy) is 2. The standard InChI is InChI=1S/C17H17Cl2NO3/c1-3-23-15-7-5-12(10-16(15)22-2)20-17(21)9-11-4-6-13(18)14(19)8-11/h4-8,10H,3,9H2,1-2H3,(H,20,21). The van der Waals surface area contributed by atoms with Gasteiger partial charge in [-0.3, -0.25) is 4.79 Å². The third-order valence-electron chi connectivity index (χ3n) is 3.10. The Kier molecular flexibility index (Phi) is 6.13. The molecule has 2 aromatic carbocycles. The molecule has 4 nitrogen and oxygen atoms in total. The first-order chi connectivity index (χ1) is 11.0. The van der Waals surface area contributed by atoms with Crippen LogP contribution in [0.4, 0.5) is 5.69 Å². The van der Waals surface area contributed by atoms with E-state index in [0.29, 0.717) is 33.8 Å². The number of carbonyl (C=O) groups is 1. The molecule has 0 unspecified atom stereocenters. The zero-order valence-corrected chi connectivity index (χ0v) is 14.4. The first-order valence-electron chi connectivity index (χ1n) is 7.08. The lowest BCUT2D eigenvalue weighted by molar-refractivity contribution is -0.115. The van der Waals surface area contributed by atoms with Crippen LogP contribution in [0.25, 0.3) is 0 Å². The van der Waals surface area contributed by atoms with Crippen molar-refractivity contribution >= 4 is 34.8 Å². The maximum atomic E-state index is 12.1. The SMILES string of the molecule is CCOc1ccc(NC(=O)Cc2ccc(Cl)c(Cl)c2)cc1OC. The largest absolute Gasteiger partial charge is 0.493 e. The van der Waals surface area contributed by atoms with Crippen LogP contribution in [0.15, 0.2) is 36.4 Å². The predicted molar refractivity (Wildman–Crippen MR) is 93.0 cm³/mol. The summed E-state index contributed by atoms with van der Waals surface area (Å²) in [4.78, 5) is 12.1. The molecule has 0 aromatic heterocycles. The number of hydrogen-bond donors (Lipinski definition) is 1. The van der Waals surface area contributed by atoms with Gasteiger partial charge in [-0.25, -0.2) is 0 Å². The Bertz CT molecular complexity index is 704. The van der Waals surface area contributed by atoms with Gasteiger partial charge in [-0.05, 0) is 36.8 Å². The molecule has 1 N–H and O–H groups in total. The van der Waals surface area contributed by atoms with Crippen molar-refractivity contribution < 1.29 is 14.3 Å². The molecule has 0 fully saturated rings. The van der Waals surface area contributed by atoms with Crippen LogP contribution >= 0.6 is 23.2 Å². The number of rotatable bonds is 6. The zero-order chi connectivity index (χ0) is 16.8. The Balaban J connectivity index is 2.06. The molecule has 0 aliphatic rings. The number of nitrogens with one attached hydrogen (secondary N) is 1. The van der Waals surface area contributed by atoms with E-state index in [1.54, 1.807) is 43.5 Å². The van der Waals surface area contributed by atoms with Crippen molar-refractivity contribution in [1.82, 2.24) is 0 Å². The highest BCUT2D eigenvalue weighted by Crippen LogP contribution is 2.30. The highest BCUT2D eigenvalue weighted by molar-refractivity contribution is 6.42. The third kappa shape index (κ3) is 4.78. The molecule has 2 rings (SSSR count). The van der Waals surface area contributed by atoms with E-state index >= 15 is 0 Å². The fourth-order valence-corrected chi connectivity index (χ4v) is 2.38. The molecule has 0 spiro atoms. The Morgan fingerprint density at radius 2 is 1.87 bits per heavy atom. The summed E-state index contributed by atoms with van der Waals surface area (Å²) in [5, 5.41) is 3.71. The maximum absolute atomic E-state index is 12.1. The fraction of sp³-hybridized carbons (Fsp3) is 0.235. The lowest BCUT2D eigenvalue weighted by Gasteiger charge is -2.12. The number of carbonyl (C=O) groups excluding carboxylic acids is 1. The smallest absolute Gasteiger partial charge is 0.228 e. The van der Waals surface area contributed by atoms with Gasteiger partial charge in [0.15, 0.2) is 11.5 Å². The summed E-state index contributed by atoms with van der Waals surface area (Å²) in [6, 6.07) is 10.4. The minimum atomic E-state index is -0.158. The van der Waals surface area contributed by atoms with Crippen molar-refractivity contribution in [1.29, 1.82) is 0 Å². The van der Waals surface area contributed by atoms with Crippen LogP contribution in [-0.2, 0) is 11.2 Å². The minimum absolute atomic E-state index is 0.158. The van der Waals surface area contributed by atoms with Crippen LogP contribution in [0.1, 0.15) is 12.5 Å². The molecule has 0 atom stereocenters. The molecule has 0 radical (unpaired) electrons. The molecule has 0 saturated heterocycles. The number of methoxy groups -OCH3 is 1. The average Bonchev–Trinajstić information content (AvgIpc) is 2.52. The third-order valence-corrected chi connectivity index (χ3v) is 3.83. The van der Waals surface area contributed by atoms with Gasteiger partial charge in [0.25, 0.3) is 0 Å². The van der Waals surface area contributed by atoms with Crippen molar-refractivity contribution in [2.45, 2.75) is 13.3 Å². The van der Waals surface area contributed by atoms with E-state index in [1.807, 2.05) is 6.92 Å². The number of halogens is 2. The van der Waals surface area contributed by atoms with Gasteiger partial charge in [-0.15, -0.1) is 0 Å². The molecule has 23 heavy (non-hydrogen) atoms. The van der Waals surface area contributed by atoms with Crippen LogP contribution in [-0.4, -0.2) is 19.6 Å². The summed E-state index contributed by atoms with van der Waals surface area (Å²) in [5.41, 5.74) is 1.42. The highest BCUT2D eigenvalue weighted by Gasteiger charge is 2.09. The highest BCUT2D eigenvalue weighted by atomic mass is 35.5. The summed E-state index contributed by atoms with van der Waals surface area (Å²) in [6.45, 7) is 2.44. The molecular weight excluding hydrogens is 337 g/mol. The van der Waals surface area contributed by atoms with Gasteiger partial charge >= 0.3 is 0 Å². The van der Waals surface area contributed by atoms with E-state index in [0.717, 1.165) is 5.56 Å². The number of benzene rings is 2. The van der Waals surface area contributed by atoms with E-state index in [9.17, 15) is 4.79 Å². The van der Waals surface area contributed by atoms with E-state index in [4.69, 9.17) is 32.7 Å². The Hall–Kier alpha value is -1.91. The van der Waals surface area contributed by atoms with Crippen molar-refractivity contribution in [2.24, 2.45) is 0 Å². The van der Waals surface area contributed by atoms with E-state index in [2.05, 4.69) is 5.32 Å². The second-order valence-corrected chi connectivity index (χ2v) is 5.59. The lowest BCUT2D eigenvalue weighted by atomic mass is 10.1. The van der Waals surface area contributed by atoms with E-state index in [1.165, 1.54) is 0 Å². The quantitative estimate of drug-likeness (QED) is 0.826. The van der Waals surface area contributed by atoms with Gasteiger partial charge < -0.3 is 14.8 Å². The van der Waals surface area contributed by atoms with Crippen LogP contribution < -0.4 is 14.8 Å². The zero-order valence-electron chi connectivity index (χ0n) is 12.9. The monoisotopic (exact) mass is 353 g/mol. The summed E-state index contributed by atoms with van der Waals surface area (Å²) in [5.74, 6) is 1.05. The normalized spacial score (nSPS) is 10.3. The van der Waals surface area contributed by atoms with Crippen molar-refractivity contribution in [3.05, 3.63) is 52.0 Å². The summed E-state index contributed by atoms with van der Waals surface area (Å²) in [6.07, 6.45) is 0.201. The van der Waals surface area contributed by atoms with Crippen molar-refractivity contribution in [2.75, 3.05) is 19.0 Å². The molecule has 2 aromatic rings. The molecular formula is C17H17Cl2NO3. The van der Waals surface area contributed by atoms with Gasteiger partial charge in [0.05, 0.1) is 30.2 Å². The molecule has 0 saturated carbocycles. The van der Waals surface area contributed by atoms with E-state index < -0.39 is 0 Å². The number of anilines is 1. The number of hydrogen-bond acceptors (Lipinski definition) is 3. The molecule has 6 heteroatoms. The molecule has 122 valence electrons. The molecule has 0 aliphatic carbocycles. The maximum Gasteiger partial charge on any atom is 0.228 e. The second-order valence-electron chi connectivity index (χ2n) is 4.77. The second kappa shape index (κ2) is 8.09. The Labute approximate surface area is 145 Å². The van der Waals surface area contributed by atoms with Crippen molar-refractivity contribution in [3.8, 4) is 11.5 Å². The van der Waals surface area contributed by atoms with Crippen LogP contribution in [0, 0.1) is 0 Å². The number of amides is 1.